The summed E-state index contributed by atoms with van der Waals surface area (Å²) in [5, 5.41) is 13.3. The molecule has 8 nitrogen and oxygen atoms in total. The molecule has 0 saturated heterocycles. The third-order valence-corrected chi connectivity index (χ3v) is 6.09. The molecule has 0 bridgehead atoms. The Labute approximate surface area is 174 Å². The number of hydrogen-bond acceptors (Lipinski definition) is 4. The normalized spacial score (nSPS) is 11.2. The lowest BCUT2D eigenvalue weighted by Crippen LogP contribution is -2.27. The third kappa shape index (κ3) is 4.16. The summed E-state index contributed by atoms with van der Waals surface area (Å²) < 4.78 is 7.26. The SMILES string of the molecule is CCn1cc(Br)c(CN(C)C(=O)c2ccn(Cn3nc(C)c(Br)c3C)n2)n1. The van der Waals surface area contributed by atoms with Crippen molar-refractivity contribution in [2.24, 2.45) is 0 Å². The van der Waals surface area contributed by atoms with Crippen LogP contribution in [0.25, 0.3) is 0 Å². The summed E-state index contributed by atoms with van der Waals surface area (Å²) in [6.45, 7) is 7.58. The minimum absolute atomic E-state index is 0.152. The van der Waals surface area contributed by atoms with Crippen LogP contribution < -0.4 is 0 Å². The molecule has 0 atom stereocenters. The first-order valence-corrected chi connectivity index (χ1v) is 10.1. The largest absolute Gasteiger partial charge is 0.334 e. The molecule has 0 aliphatic rings. The number of aryl methyl sites for hydroxylation is 2. The molecule has 0 unspecified atom stereocenters. The lowest BCUT2D eigenvalue weighted by atomic mass is 10.3. The highest BCUT2D eigenvalue weighted by molar-refractivity contribution is 9.10. The Morgan fingerprint density at radius 3 is 2.52 bits per heavy atom. The third-order valence-electron chi connectivity index (χ3n) is 4.28. The van der Waals surface area contributed by atoms with Crippen LogP contribution in [0.1, 0.15) is 34.5 Å². The summed E-state index contributed by atoms with van der Waals surface area (Å²) in [6.07, 6.45) is 3.70. The number of carbonyl (C=O) groups excluding carboxylic acids is 1. The molecule has 0 aliphatic carbocycles. The fraction of sp³-hybridized carbons (Fsp3) is 0.412. The van der Waals surface area contributed by atoms with E-state index in [-0.39, 0.29) is 5.91 Å². The van der Waals surface area contributed by atoms with Gasteiger partial charge in [0.15, 0.2) is 0 Å². The van der Waals surface area contributed by atoms with Crippen LogP contribution in [-0.4, -0.2) is 47.2 Å². The van der Waals surface area contributed by atoms with Gasteiger partial charge in [0, 0.05) is 26.0 Å². The summed E-state index contributed by atoms with van der Waals surface area (Å²) in [5.74, 6) is -0.152. The van der Waals surface area contributed by atoms with Crippen molar-refractivity contribution >= 4 is 37.8 Å². The number of hydrogen-bond donors (Lipinski definition) is 0. The molecule has 0 fully saturated rings. The second-order valence-electron chi connectivity index (χ2n) is 6.31. The van der Waals surface area contributed by atoms with Crippen molar-refractivity contribution in [3.8, 4) is 0 Å². The molecular weight excluding hydrogens is 478 g/mol. The first kappa shape index (κ1) is 19.8. The lowest BCUT2D eigenvalue weighted by molar-refractivity contribution is 0.0776. The molecular formula is C17H21Br2N7O. The zero-order chi connectivity index (χ0) is 19.7. The van der Waals surface area contributed by atoms with Gasteiger partial charge in [-0.2, -0.15) is 15.3 Å². The smallest absolute Gasteiger partial charge is 0.274 e. The Bertz CT molecular complexity index is 972. The van der Waals surface area contributed by atoms with Gasteiger partial charge in [-0.3, -0.25) is 14.2 Å². The maximum absolute atomic E-state index is 12.7. The molecule has 3 heterocycles. The van der Waals surface area contributed by atoms with Gasteiger partial charge in [-0.1, -0.05) is 0 Å². The predicted octanol–water partition coefficient (Wildman–Crippen LogP) is 3.22. The standard InChI is InChI=1S/C17H21Br2N7O/c1-5-24-8-13(18)15(22-24)9-23(4)17(27)14-6-7-25(21-14)10-26-12(3)16(19)11(2)20-26/h6-8H,5,9-10H2,1-4H3. The van der Waals surface area contributed by atoms with Gasteiger partial charge in [0.2, 0.25) is 0 Å². The highest BCUT2D eigenvalue weighted by atomic mass is 79.9. The van der Waals surface area contributed by atoms with Gasteiger partial charge in [0.1, 0.15) is 12.4 Å². The van der Waals surface area contributed by atoms with Crippen LogP contribution in [0.4, 0.5) is 0 Å². The van der Waals surface area contributed by atoms with Crippen molar-refractivity contribution in [2.75, 3.05) is 7.05 Å². The van der Waals surface area contributed by atoms with E-state index in [2.05, 4.69) is 47.2 Å². The Balaban J connectivity index is 1.70. The molecule has 0 aromatic carbocycles. The summed E-state index contributed by atoms with van der Waals surface area (Å²) in [7, 11) is 1.75. The summed E-state index contributed by atoms with van der Waals surface area (Å²) in [6, 6.07) is 1.72. The molecule has 0 saturated carbocycles. The number of halogens is 2. The molecule has 3 rings (SSSR count). The van der Waals surface area contributed by atoms with E-state index in [1.165, 1.54) is 0 Å². The van der Waals surface area contributed by atoms with Crippen LogP contribution in [0.2, 0.25) is 0 Å². The first-order chi connectivity index (χ1) is 12.8. The number of rotatable bonds is 6. The van der Waals surface area contributed by atoms with Crippen LogP contribution in [0, 0.1) is 13.8 Å². The van der Waals surface area contributed by atoms with Crippen molar-refractivity contribution in [1.29, 1.82) is 0 Å². The van der Waals surface area contributed by atoms with E-state index < -0.39 is 0 Å². The lowest BCUT2D eigenvalue weighted by Gasteiger charge is -2.14. The highest BCUT2D eigenvalue weighted by Gasteiger charge is 2.18. The number of carbonyl (C=O) groups is 1. The van der Waals surface area contributed by atoms with Crippen molar-refractivity contribution in [2.45, 2.75) is 40.5 Å². The van der Waals surface area contributed by atoms with E-state index >= 15 is 0 Å². The van der Waals surface area contributed by atoms with E-state index in [9.17, 15) is 4.79 Å². The molecule has 1 amide bonds. The van der Waals surface area contributed by atoms with Gasteiger partial charge >= 0.3 is 0 Å². The van der Waals surface area contributed by atoms with Crippen LogP contribution >= 0.6 is 31.9 Å². The maximum Gasteiger partial charge on any atom is 0.274 e. The topological polar surface area (TPSA) is 73.8 Å². The molecule has 0 aliphatic heterocycles. The fourth-order valence-corrected chi connectivity index (χ4v) is 3.43. The second kappa shape index (κ2) is 7.97. The minimum Gasteiger partial charge on any atom is -0.334 e. The van der Waals surface area contributed by atoms with Gasteiger partial charge in [-0.15, -0.1) is 0 Å². The highest BCUT2D eigenvalue weighted by Crippen LogP contribution is 2.20. The average molecular weight is 499 g/mol. The van der Waals surface area contributed by atoms with Gasteiger partial charge in [0.05, 0.1) is 32.6 Å². The Morgan fingerprint density at radius 1 is 1.19 bits per heavy atom. The van der Waals surface area contributed by atoms with E-state index in [1.54, 1.807) is 28.9 Å². The molecule has 144 valence electrons. The Morgan fingerprint density at radius 2 is 1.93 bits per heavy atom. The molecule has 3 aromatic heterocycles. The maximum atomic E-state index is 12.7. The zero-order valence-corrected chi connectivity index (χ0v) is 18.8. The van der Waals surface area contributed by atoms with Gasteiger partial charge < -0.3 is 4.90 Å². The van der Waals surface area contributed by atoms with Crippen molar-refractivity contribution < 1.29 is 4.79 Å². The molecule has 0 N–H and O–H groups in total. The van der Waals surface area contributed by atoms with Crippen molar-refractivity contribution in [3.63, 3.8) is 0 Å². The monoisotopic (exact) mass is 497 g/mol. The summed E-state index contributed by atoms with van der Waals surface area (Å²) in [5.41, 5.74) is 3.15. The molecule has 0 radical (unpaired) electrons. The second-order valence-corrected chi connectivity index (χ2v) is 7.95. The van der Waals surface area contributed by atoms with Gasteiger partial charge in [0.25, 0.3) is 5.91 Å². The van der Waals surface area contributed by atoms with E-state index in [1.807, 2.05) is 36.3 Å². The predicted molar refractivity (Wildman–Crippen MR) is 108 cm³/mol. The molecule has 0 spiro atoms. The van der Waals surface area contributed by atoms with Crippen molar-refractivity contribution in [1.82, 2.24) is 34.2 Å². The molecule has 27 heavy (non-hydrogen) atoms. The van der Waals surface area contributed by atoms with Crippen LogP contribution in [-0.2, 0) is 19.8 Å². The van der Waals surface area contributed by atoms with E-state index in [0.717, 1.165) is 32.6 Å². The van der Waals surface area contributed by atoms with Crippen LogP contribution in [0.3, 0.4) is 0 Å². The number of amides is 1. The molecule has 3 aromatic rings. The van der Waals surface area contributed by atoms with Crippen LogP contribution in [0.5, 0.6) is 0 Å². The number of aromatic nitrogens is 6. The number of nitrogens with zero attached hydrogens (tertiary/aromatic N) is 7. The van der Waals surface area contributed by atoms with Crippen molar-refractivity contribution in [3.05, 3.63) is 50.2 Å². The van der Waals surface area contributed by atoms with Crippen LogP contribution in [0.15, 0.2) is 27.4 Å². The Kier molecular flexibility index (Phi) is 5.85. The van der Waals surface area contributed by atoms with E-state index in [4.69, 9.17) is 0 Å². The fourth-order valence-electron chi connectivity index (χ4n) is 2.70. The Hall–Kier alpha value is -1.94. The average Bonchev–Trinajstić information content (AvgIpc) is 3.31. The van der Waals surface area contributed by atoms with E-state index in [0.29, 0.717) is 18.9 Å². The summed E-state index contributed by atoms with van der Waals surface area (Å²) in [4.78, 5) is 14.3. The van der Waals surface area contributed by atoms with Gasteiger partial charge in [-0.05, 0) is 58.7 Å². The quantitative estimate of drug-likeness (QED) is 0.523. The molecule has 10 heteroatoms. The van der Waals surface area contributed by atoms with Gasteiger partial charge in [-0.25, -0.2) is 4.68 Å². The first-order valence-electron chi connectivity index (χ1n) is 8.50. The minimum atomic E-state index is -0.152. The summed E-state index contributed by atoms with van der Waals surface area (Å²) >= 11 is 7.01. The zero-order valence-electron chi connectivity index (χ0n) is 15.6.